The Balaban J connectivity index is 1.66. The van der Waals surface area contributed by atoms with E-state index in [1.54, 1.807) is 11.8 Å². The summed E-state index contributed by atoms with van der Waals surface area (Å²) in [5, 5.41) is 0. The molecule has 2 aliphatic heterocycles. The summed E-state index contributed by atoms with van der Waals surface area (Å²) in [4.78, 5) is 30.6. The van der Waals surface area contributed by atoms with Crippen molar-refractivity contribution in [3.63, 3.8) is 0 Å². The molecule has 0 saturated carbocycles. The SMILES string of the molecule is CCOC(=O)C1=C(c2ccccc2)S/C(=C2\C(=S)C(C)(C)N(C(=O)c3ccccc3)c3ccccc32)S1. The lowest BCUT2D eigenvalue weighted by atomic mass is 9.83. The molecule has 0 bridgehead atoms. The molecule has 0 spiro atoms. The highest BCUT2D eigenvalue weighted by molar-refractivity contribution is 8.32. The number of rotatable bonds is 4. The van der Waals surface area contributed by atoms with Gasteiger partial charge in [0, 0.05) is 21.6 Å². The van der Waals surface area contributed by atoms with Crippen LogP contribution in [0, 0.1) is 0 Å². The van der Waals surface area contributed by atoms with Crippen molar-refractivity contribution in [2.24, 2.45) is 0 Å². The fourth-order valence-corrected chi connectivity index (χ4v) is 7.63. The van der Waals surface area contributed by atoms with Crippen LogP contribution >= 0.6 is 35.7 Å². The Morgan fingerprint density at radius 1 is 0.892 bits per heavy atom. The predicted octanol–water partition coefficient (Wildman–Crippen LogP) is 7.58. The van der Waals surface area contributed by atoms with E-state index in [1.807, 2.05) is 98.8 Å². The van der Waals surface area contributed by atoms with Crippen LogP contribution in [0.1, 0.15) is 42.3 Å². The highest BCUT2D eigenvalue weighted by Crippen LogP contribution is 2.58. The number of para-hydroxylation sites is 1. The van der Waals surface area contributed by atoms with Gasteiger partial charge in [-0.3, -0.25) is 9.69 Å². The maximum Gasteiger partial charge on any atom is 0.346 e. The Bertz CT molecular complexity index is 1460. The third kappa shape index (κ3) is 4.56. The predicted molar refractivity (Wildman–Crippen MR) is 158 cm³/mol. The van der Waals surface area contributed by atoms with E-state index in [9.17, 15) is 9.59 Å². The van der Waals surface area contributed by atoms with Gasteiger partial charge in [0.05, 0.1) is 26.9 Å². The van der Waals surface area contributed by atoms with Crippen molar-refractivity contribution >= 4 is 68.6 Å². The molecule has 0 N–H and O–H groups in total. The third-order valence-corrected chi connectivity index (χ3v) is 9.61. The molecular weight excluding hydrogens is 519 g/mol. The summed E-state index contributed by atoms with van der Waals surface area (Å²) in [5.41, 5.74) is 3.34. The molecule has 1 amide bonds. The summed E-state index contributed by atoms with van der Waals surface area (Å²) in [6.45, 7) is 6.07. The molecule has 7 heteroatoms. The minimum Gasteiger partial charge on any atom is -0.462 e. The Morgan fingerprint density at radius 3 is 2.19 bits per heavy atom. The number of carbonyl (C=O) groups excluding carboxylic acids is 2. The van der Waals surface area contributed by atoms with E-state index in [2.05, 4.69) is 0 Å². The topological polar surface area (TPSA) is 46.6 Å². The number of thioether (sulfide) groups is 2. The van der Waals surface area contributed by atoms with E-state index in [4.69, 9.17) is 17.0 Å². The number of esters is 1. The van der Waals surface area contributed by atoms with Gasteiger partial charge in [0.25, 0.3) is 5.91 Å². The van der Waals surface area contributed by atoms with Gasteiger partial charge in [-0.2, -0.15) is 0 Å². The first-order chi connectivity index (χ1) is 17.8. The molecule has 0 unspecified atom stereocenters. The smallest absolute Gasteiger partial charge is 0.346 e. The number of carbonyl (C=O) groups is 2. The van der Waals surface area contributed by atoms with Crippen LogP contribution in [-0.2, 0) is 9.53 Å². The molecule has 0 aliphatic carbocycles. The van der Waals surface area contributed by atoms with Gasteiger partial charge in [0.1, 0.15) is 4.91 Å². The van der Waals surface area contributed by atoms with Crippen molar-refractivity contribution in [3.05, 3.63) is 111 Å². The van der Waals surface area contributed by atoms with E-state index in [0.717, 1.165) is 31.5 Å². The maximum absolute atomic E-state index is 13.8. The number of fused-ring (bicyclic) bond motifs is 1. The van der Waals surface area contributed by atoms with E-state index < -0.39 is 5.54 Å². The largest absolute Gasteiger partial charge is 0.462 e. The molecule has 186 valence electrons. The quantitative estimate of drug-likeness (QED) is 0.192. The molecule has 0 fully saturated rings. The van der Waals surface area contributed by atoms with Crippen LogP contribution in [0.2, 0.25) is 0 Å². The fraction of sp³-hybridized carbons (Fsp3) is 0.167. The van der Waals surface area contributed by atoms with Gasteiger partial charge < -0.3 is 4.74 Å². The zero-order valence-electron chi connectivity index (χ0n) is 20.7. The second-order valence-electron chi connectivity index (χ2n) is 9.02. The second kappa shape index (κ2) is 10.3. The van der Waals surface area contributed by atoms with Gasteiger partial charge in [-0.05, 0) is 44.5 Å². The Hall–Kier alpha value is -3.13. The average Bonchev–Trinajstić information content (AvgIpc) is 3.35. The number of hydrogen-bond acceptors (Lipinski definition) is 6. The van der Waals surface area contributed by atoms with Crippen molar-refractivity contribution in [3.8, 4) is 0 Å². The Morgan fingerprint density at radius 2 is 1.51 bits per heavy atom. The van der Waals surface area contributed by atoms with Gasteiger partial charge in [-0.15, -0.1) is 0 Å². The molecular formula is C30H25NO3S3. The molecule has 2 heterocycles. The molecule has 5 rings (SSSR count). The summed E-state index contributed by atoms with van der Waals surface area (Å²) in [5.74, 6) is -0.448. The number of ether oxygens (including phenoxy) is 1. The van der Waals surface area contributed by atoms with Gasteiger partial charge in [-0.1, -0.05) is 102 Å². The van der Waals surface area contributed by atoms with E-state index in [0.29, 0.717) is 21.9 Å². The number of amides is 1. The average molecular weight is 544 g/mol. The van der Waals surface area contributed by atoms with Crippen LogP contribution in [0.25, 0.3) is 10.5 Å². The number of benzene rings is 3. The molecule has 0 saturated heterocycles. The van der Waals surface area contributed by atoms with Gasteiger partial charge >= 0.3 is 5.97 Å². The first kappa shape index (κ1) is 25.5. The summed E-state index contributed by atoms with van der Waals surface area (Å²) < 4.78 is 6.32. The molecule has 0 atom stereocenters. The minimum absolute atomic E-state index is 0.105. The monoisotopic (exact) mass is 543 g/mol. The first-order valence-electron chi connectivity index (χ1n) is 11.9. The van der Waals surface area contributed by atoms with Crippen molar-refractivity contribution in [1.82, 2.24) is 0 Å². The summed E-state index contributed by atoms with van der Waals surface area (Å²) in [6.07, 6.45) is 0. The standard InChI is InChI=1S/C30H25NO3S3/c1-4-34-28(33)25-24(19-13-7-5-8-14-19)36-29(37-25)23-21-17-11-12-18-22(21)31(30(2,3)26(23)35)27(32)20-15-9-6-10-16-20/h5-18H,4H2,1-3H3/b29-23+. The fourth-order valence-electron chi connectivity index (χ4n) is 4.50. The van der Waals surface area contributed by atoms with Crippen LogP contribution in [0.5, 0.6) is 0 Å². The van der Waals surface area contributed by atoms with Crippen molar-refractivity contribution in [1.29, 1.82) is 0 Å². The van der Waals surface area contributed by atoms with E-state index >= 15 is 0 Å². The van der Waals surface area contributed by atoms with Crippen LogP contribution in [-0.4, -0.2) is 28.9 Å². The van der Waals surface area contributed by atoms with Crippen molar-refractivity contribution in [2.45, 2.75) is 26.3 Å². The van der Waals surface area contributed by atoms with Gasteiger partial charge in [0.2, 0.25) is 0 Å². The van der Waals surface area contributed by atoms with Crippen LogP contribution in [0.3, 0.4) is 0 Å². The number of thiocarbonyl (C=S) groups is 1. The lowest BCUT2D eigenvalue weighted by molar-refractivity contribution is -0.137. The van der Waals surface area contributed by atoms with Crippen LogP contribution < -0.4 is 4.90 Å². The highest BCUT2D eigenvalue weighted by atomic mass is 32.2. The Labute approximate surface area is 230 Å². The number of hydrogen-bond donors (Lipinski definition) is 0. The number of anilines is 1. The van der Waals surface area contributed by atoms with Gasteiger partial charge in [-0.25, -0.2) is 4.79 Å². The van der Waals surface area contributed by atoms with Crippen LogP contribution in [0.15, 0.2) is 94.1 Å². The van der Waals surface area contributed by atoms with E-state index in [-0.39, 0.29) is 11.9 Å². The first-order valence-corrected chi connectivity index (χ1v) is 14.0. The third-order valence-electron chi connectivity index (χ3n) is 6.28. The molecule has 3 aromatic rings. The van der Waals surface area contributed by atoms with Gasteiger partial charge in [0.15, 0.2) is 0 Å². The number of nitrogens with zero attached hydrogens (tertiary/aromatic N) is 1. The lowest BCUT2D eigenvalue weighted by Crippen LogP contribution is -2.55. The zero-order valence-corrected chi connectivity index (χ0v) is 23.1. The zero-order chi connectivity index (χ0) is 26.2. The molecule has 2 aliphatic rings. The summed E-state index contributed by atoms with van der Waals surface area (Å²) in [7, 11) is 0. The Kier molecular flexibility index (Phi) is 7.12. The molecule has 0 radical (unpaired) electrons. The maximum atomic E-state index is 13.8. The second-order valence-corrected chi connectivity index (χ2v) is 11.7. The highest BCUT2D eigenvalue weighted by Gasteiger charge is 2.45. The molecule has 3 aromatic carbocycles. The summed E-state index contributed by atoms with van der Waals surface area (Å²) in [6, 6.07) is 27.0. The van der Waals surface area contributed by atoms with Crippen LogP contribution in [0.4, 0.5) is 5.69 Å². The summed E-state index contributed by atoms with van der Waals surface area (Å²) >= 11 is 9.06. The molecule has 4 nitrogen and oxygen atoms in total. The minimum atomic E-state index is -0.778. The normalized spacial score (nSPS) is 18.6. The van der Waals surface area contributed by atoms with Crippen molar-refractivity contribution in [2.75, 3.05) is 11.5 Å². The lowest BCUT2D eigenvalue weighted by Gasteiger charge is -2.45. The molecule has 0 aromatic heterocycles. The van der Waals surface area contributed by atoms with E-state index in [1.165, 1.54) is 23.5 Å². The molecule has 37 heavy (non-hydrogen) atoms. The van der Waals surface area contributed by atoms with Crippen molar-refractivity contribution < 1.29 is 14.3 Å².